The summed E-state index contributed by atoms with van der Waals surface area (Å²) < 4.78 is 1.86. The van der Waals surface area contributed by atoms with Crippen molar-refractivity contribution in [3.05, 3.63) is 70.8 Å². The molecule has 4 aromatic rings. The lowest BCUT2D eigenvalue weighted by molar-refractivity contribution is -0.136. The first-order chi connectivity index (χ1) is 17.0. The number of carboxylic acids is 1. The highest BCUT2D eigenvalue weighted by molar-refractivity contribution is 5.93. The molecule has 0 fully saturated rings. The Kier molecular flexibility index (Phi) is 5.98. The number of fused-ring (bicyclic) bond motifs is 2. The zero-order chi connectivity index (χ0) is 24.5. The monoisotopic (exact) mass is 470 g/mol. The fourth-order valence-corrected chi connectivity index (χ4v) is 4.89. The fraction of sp³-hybridized carbons (Fsp3) is 0.308. The summed E-state index contributed by atoms with van der Waals surface area (Å²) in [5.41, 5.74) is 8.31. The van der Waals surface area contributed by atoms with Gasteiger partial charge in [-0.25, -0.2) is 14.6 Å². The maximum absolute atomic E-state index is 13.2. The molecule has 9 heteroatoms. The molecule has 0 saturated carbocycles. The molecule has 0 saturated heterocycles. The molecule has 1 aliphatic heterocycles. The Hall–Kier alpha value is -4.14. The lowest BCUT2D eigenvalue weighted by Gasteiger charge is -2.31. The Balaban J connectivity index is 1.64. The molecule has 9 nitrogen and oxygen atoms in total. The number of aromatic nitrogens is 5. The molecule has 3 heterocycles. The molecular weight excluding hydrogens is 444 g/mol. The number of benzene rings is 2. The summed E-state index contributed by atoms with van der Waals surface area (Å²) in [5.74, 6) is -0.981. The van der Waals surface area contributed by atoms with Crippen molar-refractivity contribution in [2.24, 2.45) is 0 Å². The van der Waals surface area contributed by atoms with Crippen molar-refractivity contribution >= 4 is 22.9 Å². The van der Waals surface area contributed by atoms with Gasteiger partial charge in [-0.1, -0.05) is 23.4 Å². The largest absolute Gasteiger partial charge is 0.481 e. The number of nitrogens with zero attached hydrogens (tertiary/aromatic N) is 6. The molecule has 0 spiro atoms. The average Bonchev–Trinajstić information content (AvgIpc) is 3.31. The zero-order valence-electron chi connectivity index (χ0n) is 19.7. The number of aliphatic carboxylic acids is 1. The number of carboxylic acid groups (broad SMARTS) is 1. The molecule has 0 atom stereocenters. The second kappa shape index (κ2) is 9.25. The third-order valence-corrected chi connectivity index (χ3v) is 6.70. The summed E-state index contributed by atoms with van der Waals surface area (Å²) in [7, 11) is 0. The average molecular weight is 471 g/mol. The summed E-state index contributed by atoms with van der Waals surface area (Å²) in [6.45, 7) is 5.79. The Bertz CT molecular complexity index is 1430. The number of hydrogen-bond donors (Lipinski definition) is 1. The van der Waals surface area contributed by atoms with E-state index in [1.165, 1.54) is 11.9 Å². The summed E-state index contributed by atoms with van der Waals surface area (Å²) in [5, 5.41) is 18.0. The Morgan fingerprint density at radius 3 is 2.74 bits per heavy atom. The molecule has 0 aliphatic carbocycles. The van der Waals surface area contributed by atoms with Gasteiger partial charge in [0.25, 0.3) is 5.91 Å². The van der Waals surface area contributed by atoms with Crippen molar-refractivity contribution in [1.29, 1.82) is 0 Å². The molecule has 2 aromatic heterocycles. The molecule has 178 valence electrons. The maximum Gasteiger partial charge on any atom is 0.303 e. The van der Waals surface area contributed by atoms with Gasteiger partial charge in [0.15, 0.2) is 0 Å². The Labute approximate surface area is 202 Å². The quantitative estimate of drug-likeness (QED) is 0.459. The third-order valence-electron chi connectivity index (χ3n) is 6.70. The van der Waals surface area contributed by atoms with Gasteiger partial charge in [0.05, 0.1) is 5.52 Å². The van der Waals surface area contributed by atoms with E-state index in [-0.39, 0.29) is 12.3 Å². The summed E-state index contributed by atoms with van der Waals surface area (Å²) in [4.78, 5) is 34.4. The molecule has 2 aromatic carbocycles. The van der Waals surface area contributed by atoms with E-state index in [9.17, 15) is 14.7 Å². The molecule has 1 aliphatic rings. The number of rotatable bonds is 6. The van der Waals surface area contributed by atoms with E-state index >= 15 is 0 Å². The zero-order valence-corrected chi connectivity index (χ0v) is 19.7. The van der Waals surface area contributed by atoms with Crippen LogP contribution < -0.4 is 0 Å². The number of carbonyl (C=O) groups excluding carboxylic acids is 1. The van der Waals surface area contributed by atoms with Crippen LogP contribution in [-0.2, 0) is 30.7 Å². The van der Waals surface area contributed by atoms with Crippen molar-refractivity contribution < 1.29 is 14.7 Å². The molecule has 1 N–H and O–H groups in total. The van der Waals surface area contributed by atoms with Gasteiger partial charge in [-0.15, -0.1) is 5.10 Å². The molecular formula is C26H26N6O3. The van der Waals surface area contributed by atoms with Crippen LogP contribution >= 0.6 is 0 Å². The second-order valence-corrected chi connectivity index (χ2v) is 8.71. The van der Waals surface area contributed by atoms with E-state index in [0.717, 1.165) is 45.4 Å². The van der Waals surface area contributed by atoms with Gasteiger partial charge < -0.3 is 10.0 Å². The van der Waals surface area contributed by atoms with Crippen LogP contribution in [0, 0.1) is 6.92 Å². The minimum Gasteiger partial charge on any atom is -0.481 e. The molecule has 0 radical (unpaired) electrons. The second-order valence-electron chi connectivity index (χ2n) is 8.71. The van der Waals surface area contributed by atoms with E-state index in [2.05, 4.69) is 32.4 Å². The highest BCUT2D eigenvalue weighted by Crippen LogP contribution is 2.38. The first-order valence-corrected chi connectivity index (χ1v) is 11.7. The van der Waals surface area contributed by atoms with Crippen LogP contribution in [0.15, 0.2) is 42.9 Å². The lowest BCUT2D eigenvalue weighted by Crippen LogP contribution is -2.36. The molecule has 1 amide bonds. The minimum absolute atomic E-state index is 0.0304. The predicted octanol–water partition coefficient (Wildman–Crippen LogP) is 3.43. The Morgan fingerprint density at radius 1 is 1.14 bits per heavy atom. The lowest BCUT2D eigenvalue weighted by atomic mass is 9.84. The normalized spacial score (nSPS) is 13.1. The van der Waals surface area contributed by atoms with Crippen molar-refractivity contribution in [3.8, 4) is 11.1 Å². The van der Waals surface area contributed by atoms with Crippen LogP contribution in [0.4, 0.5) is 0 Å². The SMILES string of the molecule is CCn1nnc2c(C)c(-c3c(CCC(=O)O)ccc4c3CN(C(=O)c3ccncn3)CC4)ccc21. The first kappa shape index (κ1) is 22.6. The number of aryl methyl sites for hydroxylation is 3. The Morgan fingerprint density at radius 2 is 2.00 bits per heavy atom. The fourth-order valence-electron chi connectivity index (χ4n) is 4.89. The van der Waals surface area contributed by atoms with Gasteiger partial charge in [0, 0.05) is 32.3 Å². The van der Waals surface area contributed by atoms with E-state index in [1.54, 1.807) is 17.2 Å². The number of carbonyl (C=O) groups is 2. The highest BCUT2D eigenvalue weighted by atomic mass is 16.4. The smallest absolute Gasteiger partial charge is 0.303 e. The molecule has 0 bridgehead atoms. The van der Waals surface area contributed by atoms with Crippen LogP contribution in [-0.4, -0.2) is 53.4 Å². The van der Waals surface area contributed by atoms with Crippen molar-refractivity contribution in [2.45, 2.75) is 46.2 Å². The van der Waals surface area contributed by atoms with Crippen LogP contribution in [0.1, 0.15) is 46.1 Å². The number of hydrogen-bond acceptors (Lipinski definition) is 6. The minimum atomic E-state index is -0.840. The van der Waals surface area contributed by atoms with Gasteiger partial charge in [0.2, 0.25) is 0 Å². The van der Waals surface area contributed by atoms with Gasteiger partial charge in [-0.3, -0.25) is 9.59 Å². The standard InChI is InChI=1S/C26H26N6O3/c1-3-32-22-8-7-19(16(2)25(22)29-30-32)24-18(6-9-23(33)34)5-4-17-11-13-31(14-20(17)24)26(35)21-10-12-27-15-28-21/h4-5,7-8,10,12,15H,3,6,9,11,13-14H2,1-2H3,(H,33,34). The summed E-state index contributed by atoms with van der Waals surface area (Å²) in [6, 6.07) is 9.82. The molecule has 5 rings (SSSR count). The van der Waals surface area contributed by atoms with Crippen LogP contribution in [0.3, 0.4) is 0 Å². The topological polar surface area (TPSA) is 114 Å². The van der Waals surface area contributed by atoms with E-state index in [4.69, 9.17) is 0 Å². The van der Waals surface area contributed by atoms with Crippen LogP contribution in [0.5, 0.6) is 0 Å². The first-order valence-electron chi connectivity index (χ1n) is 11.7. The molecule has 35 heavy (non-hydrogen) atoms. The van der Waals surface area contributed by atoms with E-state index < -0.39 is 5.97 Å². The van der Waals surface area contributed by atoms with Crippen molar-refractivity contribution in [2.75, 3.05) is 6.54 Å². The maximum atomic E-state index is 13.2. The van der Waals surface area contributed by atoms with Crippen LogP contribution in [0.25, 0.3) is 22.2 Å². The summed E-state index contributed by atoms with van der Waals surface area (Å²) >= 11 is 0. The van der Waals surface area contributed by atoms with Crippen molar-refractivity contribution in [1.82, 2.24) is 29.9 Å². The van der Waals surface area contributed by atoms with Gasteiger partial charge >= 0.3 is 5.97 Å². The number of amides is 1. The van der Waals surface area contributed by atoms with E-state index in [1.807, 2.05) is 30.7 Å². The predicted molar refractivity (Wildman–Crippen MR) is 130 cm³/mol. The van der Waals surface area contributed by atoms with Gasteiger partial charge in [0.1, 0.15) is 17.5 Å². The van der Waals surface area contributed by atoms with E-state index in [0.29, 0.717) is 31.6 Å². The van der Waals surface area contributed by atoms with Crippen molar-refractivity contribution in [3.63, 3.8) is 0 Å². The third kappa shape index (κ3) is 4.14. The molecule has 0 unspecified atom stereocenters. The van der Waals surface area contributed by atoms with Crippen LogP contribution in [0.2, 0.25) is 0 Å². The van der Waals surface area contributed by atoms with Gasteiger partial charge in [-0.2, -0.15) is 0 Å². The van der Waals surface area contributed by atoms with Gasteiger partial charge in [-0.05, 0) is 72.2 Å². The summed E-state index contributed by atoms with van der Waals surface area (Å²) in [6.07, 6.45) is 4.09. The highest BCUT2D eigenvalue weighted by Gasteiger charge is 2.27.